The average Bonchev–Trinajstić information content (AvgIpc) is 2.47. The first-order valence-electron chi connectivity index (χ1n) is 10.9. The van der Waals surface area contributed by atoms with E-state index in [4.69, 9.17) is 15.3 Å². The van der Waals surface area contributed by atoms with Crippen LogP contribution in [0, 0.1) is 16.2 Å². The van der Waals surface area contributed by atoms with E-state index in [2.05, 4.69) is 41.5 Å². The van der Waals surface area contributed by atoms with Gasteiger partial charge in [0.1, 0.15) is 0 Å². The Labute approximate surface area is 184 Å². The Bertz CT molecular complexity index is 475. The molecule has 0 saturated heterocycles. The molecule has 0 aromatic heterocycles. The van der Waals surface area contributed by atoms with E-state index in [0.29, 0.717) is 18.3 Å². The normalized spacial score (nSPS) is 11.5. The molecule has 0 aromatic rings. The van der Waals surface area contributed by atoms with Crippen molar-refractivity contribution in [2.45, 2.75) is 120 Å². The Morgan fingerprint density at radius 1 is 0.467 bits per heavy atom. The Kier molecular flexibility index (Phi) is 17.8. The molecule has 0 radical (unpaired) electrons. The van der Waals surface area contributed by atoms with Crippen LogP contribution in [0.1, 0.15) is 120 Å². The number of unbranched alkanes of at least 4 members (excludes halogenated alkanes) is 1. The molecular weight excluding hydrogens is 384 g/mol. The van der Waals surface area contributed by atoms with E-state index < -0.39 is 17.9 Å². The fraction of sp³-hybridized carbons (Fsp3) is 0.875. The molecule has 0 saturated carbocycles. The first kappa shape index (κ1) is 33.1. The molecule has 0 unspecified atom stereocenters. The number of hydrogen-bond acceptors (Lipinski definition) is 3. The second kappa shape index (κ2) is 16.1. The van der Waals surface area contributed by atoms with Gasteiger partial charge in [-0.05, 0) is 48.3 Å². The summed E-state index contributed by atoms with van der Waals surface area (Å²) in [6.07, 6.45) is 6.38. The van der Waals surface area contributed by atoms with Crippen molar-refractivity contribution in [3.05, 3.63) is 0 Å². The van der Waals surface area contributed by atoms with E-state index in [1.807, 2.05) is 20.8 Å². The zero-order valence-corrected chi connectivity index (χ0v) is 20.9. The molecule has 180 valence electrons. The van der Waals surface area contributed by atoms with Crippen molar-refractivity contribution >= 4 is 17.9 Å². The molecule has 0 aliphatic rings. The monoisotopic (exact) mass is 432 g/mol. The predicted octanol–water partition coefficient (Wildman–Crippen LogP) is 6.86. The van der Waals surface area contributed by atoms with E-state index in [-0.39, 0.29) is 17.3 Å². The van der Waals surface area contributed by atoms with Crippen molar-refractivity contribution in [1.82, 2.24) is 0 Å². The maximum absolute atomic E-state index is 10.1. The molecule has 0 aromatic carbocycles. The fourth-order valence-corrected chi connectivity index (χ4v) is 2.18. The summed E-state index contributed by atoms with van der Waals surface area (Å²) in [5.74, 6) is -2.08. The lowest BCUT2D eigenvalue weighted by Gasteiger charge is -2.16. The molecule has 0 fully saturated rings. The van der Waals surface area contributed by atoms with Gasteiger partial charge in [0.25, 0.3) is 0 Å². The largest absolute Gasteiger partial charge is 0.481 e. The minimum absolute atomic E-state index is 0.151. The lowest BCUT2D eigenvalue weighted by Crippen LogP contribution is -2.07. The highest BCUT2D eigenvalue weighted by atomic mass is 16.4. The Morgan fingerprint density at radius 3 is 1.03 bits per heavy atom. The summed E-state index contributed by atoms with van der Waals surface area (Å²) in [5.41, 5.74) is 0.770. The standard InChI is InChI=1S/C9H18O2.C8H16O2.C7H14O2/c1-9(2,3)7-5-4-6-8(10)11;1-8(2,3)6-4-5-7(9)10;1-7(2,3)5-4-6(8)9/h4-7H2,1-3H3,(H,10,11);4-6H2,1-3H3,(H,9,10);4-5H2,1-3H3,(H,8,9). The summed E-state index contributed by atoms with van der Waals surface area (Å²) < 4.78 is 0. The van der Waals surface area contributed by atoms with Gasteiger partial charge in [0.05, 0.1) is 0 Å². The molecule has 0 aliphatic heterocycles. The third kappa shape index (κ3) is 45.3. The number of carboxylic acids is 3. The number of aliphatic carboxylic acids is 3. The van der Waals surface area contributed by atoms with Crippen LogP contribution in [0.3, 0.4) is 0 Å². The molecule has 0 bridgehead atoms. The molecule has 6 heteroatoms. The minimum atomic E-state index is -0.704. The van der Waals surface area contributed by atoms with Gasteiger partial charge >= 0.3 is 17.9 Å². The maximum atomic E-state index is 10.1. The smallest absolute Gasteiger partial charge is 0.303 e. The number of hydrogen-bond donors (Lipinski definition) is 3. The number of rotatable bonds is 9. The van der Waals surface area contributed by atoms with Crippen LogP contribution in [0.4, 0.5) is 0 Å². The van der Waals surface area contributed by atoms with Crippen LogP contribution in [0.5, 0.6) is 0 Å². The van der Waals surface area contributed by atoms with Gasteiger partial charge in [-0.15, -0.1) is 0 Å². The lowest BCUT2D eigenvalue weighted by atomic mass is 9.89. The van der Waals surface area contributed by atoms with Crippen LogP contribution in [0.25, 0.3) is 0 Å². The molecule has 30 heavy (non-hydrogen) atoms. The second-order valence-electron chi connectivity index (χ2n) is 11.4. The molecule has 0 amide bonds. The van der Waals surface area contributed by atoms with Gasteiger partial charge in [0, 0.05) is 19.3 Å². The van der Waals surface area contributed by atoms with Crippen molar-refractivity contribution in [1.29, 1.82) is 0 Å². The van der Waals surface area contributed by atoms with Gasteiger partial charge in [-0.1, -0.05) is 68.7 Å². The van der Waals surface area contributed by atoms with E-state index >= 15 is 0 Å². The van der Waals surface area contributed by atoms with Gasteiger partial charge in [-0.3, -0.25) is 14.4 Å². The molecule has 0 aliphatic carbocycles. The van der Waals surface area contributed by atoms with Gasteiger partial charge < -0.3 is 15.3 Å². The van der Waals surface area contributed by atoms with Crippen molar-refractivity contribution < 1.29 is 29.7 Å². The zero-order chi connectivity index (χ0) is 24.6. The Balaban J connectivity index is -0.000000366. The molecule has 0 atom stereocenters. The second-order valence-corrected chi connectivity index (χ2v) is 11.4. The molecular formula is C24H48O6. The van der Waals surface area contributed by atoms with Gasteiger partial charge in [0.2, 0.25) is 0 Å². The Hall–Kier alpha value is -1.59. The highest BCUT2D eigenvalue weighted by molar-refractivity contribution is 5.67. The maximum Gasteiger partial charge on any atom is 0.303 e. The third-order valence-corrected chi connectivity index (χ3v) is 3.97. The molecule has 3 N–H and O–H groups in total. The third-order valence-electron chi connectivity index (χ3n) is 3.97. The van der Waals surface area contributed by atoms with Crippen LogP contribution < -0.4 is 0 Å². The summed E-state index contributed by atoms with van der Waals surface area (Å²) in [6.45, 7) is 19.0. The van der Waals surface area contributed by atoms with Crippen molar-refractivity contribution in [2.24, 2.45) is 16.2 Å². The van der Waals surface area contributed by atoms with Crippen LogP contribution in [0.15, 0.2) is 0 Å². The first-order chi connectivity index (χ1) is 13.2. The quantitative estimate of drug-likeness (QED) is 0.343. The highest BCUT2D eigenvalue weighted by Crippen LogP contribution is 2.22. The summed E-state index contributed by atoms with van der Waals surface area (Å²) in [6, 6.07) is 0. The van der Waals surface area contributed by atoms with Crippen molar-refractivity contribution in [2.75, 3.05) is 0 Å². The van der Waals surface area contributed by atoms with Crippen LogP contribution in [0.2, 0.25) is 0 Å². The SMILES string of the molecule is CC(C)(C)CCC(=O)O.CC(C)(C)CCCC(=O)O.CC(C)(C)CCCCC(=O)O. The molecule has 6 nitrogen and oxygen atoms in total. The summed E-state index contributed by atoms with van der Waals surface area (Å²) in [7, 11) is 0. The molecule has 0 rings (SSSR count). The number of carbonyl (C=O) groups is 3. The highest BCUT2D eigenvalue weighted by Gasteiger charge is 2.12. The zero-order valence-electron chi connectivity index (χ0n) is 20.9. The fourth-order valence-electron chi connectivity index (χ4n) is 2.18. The summed E-state index contributed by atoms with van der Waals surface area (Å²) in [4.78, 5) is 30.3. The predicted molar refractivity (Wildman–Crippen MR) is 123 cm³/mol. The van der Waals surface area contributed by atoms with Crippen molar-refractivity contribution in [3.63, 3.8) is 0 Å². The first-order valence-corrected chi connectivity index (χ1v) is 10.9. The van der Waals surface area contributed by atoms with Crippen molar-refractivity contribution in [3.8, 4) is 0 Å². The van der Waals surface area contributed by atoms with E-state index in [0.717, 1.165) is 38.5 Å². The molecule has 0 spiro atoms. The van der Waals surface area contributed by atoms with Crippen LogP contribution in [-0.2, 0) is 14.4 Å². The summed E-state index contributed by atoms with van der Waals surface area (Å²) >= 11 is 0. The topological polar surface area (TPSA) is 112 Å². The van der Waals surface area contributed by atoms with Gasteiger partial charge in [-0.25, -0.2) is 0 Å². The average molecular weight is 433 g/mol. The van der Waals surface area contributed by atoms with E-state index in [1.54, 1.807) is 0 Å². The molecule has 0 heterocycles. The summed E-state index contributed by atoms with van der Waals surface area (Å²) in [5, 5.41) is 24.9. The minimum Gasteiger partial charge on any atom is -0.481 e. The van der Waals surface area contributed by atoms with E-state index in [9.17, 15) is 14.4 Å². The van der Waals surface area contributed by atoms with Crippen LogP contribution in [-0.4, -0.2) is 33.2 Å². The van der Waals surface area contributed by atoms with Gasteiger partial charge in [0.15, 0.2) is 0 Å². The lowest BCUT2D eigenvalue weighted by molar-refractivity contribution is -0.138. The van der Waals surface area contributed by atoms with Crippen LogP contribution >= 0.6 is 0 Å². The Morgan fingerprint density at radius 2 is 0.767 bits per heavy atom. The van der Waals surface area contributed by atoms with E-state index in [1.165, 1.54) is 0 Å². The van der Waals surface area contributed by atoms with Gasteiger partial charge in [-0.2, -0.15) is 0 Å². The number of carboxylic acid groups (broad SMARTS) is 3.